The molecule has 18 heavy (non-hydrogen) atoms. The summed E-state index contributed by atoms with van der Waals surface area (Å²) in [5.41, 5.74) is -0.00691. The molecule has 0 spiro atoms. The molecule has 1 rings (SSSR count). The third kappa shape index (κ3) is 2.84. The number of hydrogen-bond acceptors (Lipinski definition) is 6. The number of hydrogen-bond donors (Lipinski definition) is 3. The van der Waals surface area contributed by atoms with Gasteiger partial charge in [-0.2, -0.15) is 5.10 Å². The molecule has 1 aromatic heterocycles. The Balaban J connectivity index is 3.02. The Morgan fingerprint density at radius 1 is 1.50 bits per heavy atom. The van der Waals surface area contributed by atoms with Crippen LogP contribution in [0.25, 0.3) is 0 Å². The van der Waals surface area contributed by atoms with Gasteiger partial charge in [-0.15, -0.1) is 0 Å². The van der Waals surface area contributed by atoms with Gasteiger partial charge in [0.25, 0.3) is 0 Å². The number of aliphatic carboxylic acids is 1. The van der Waals surface area contributed by atoms with Crippen LogP contribution in [0.4, 0.5) is 0 Å². The van der Waals surface area contributed by atoms with E-state index >= 15 is 0 Å². The van der Waals surface area contributed by atoms with E-state index in [0.29, 0.717) is 0 Å². The van der Waals surface area contributed by atoms with Gasteiger partial charge in [-0.1, -0.05) is 0 Å². The predicted octanol–water partition coefficient (Wildman–Crippen LogP) is -0.924. The van der Waals surface area contributed by atoms with Crippen LogP contribution in [0, 0.1) is 0 Å². The summed E-state index contributed by atoms with van der Waals surface area (Å²) in [5.74, 6) is -1.99. The van der Waals surface area contributed by atoms with E-state index in [1.165, 1.54) is 25.0 Å². The lowest BCUT2D eigenvalue weighted by molar-refractivity contribution is -0.141. The van der Waals surface area contributed by atoms with Gasteiger partial charge >= 0.3 is 11.9 Å². The van der Waals surface area contributed by atoms with Gasteiger partial charge in [0.05, 0.1) is 25.8 Å². The van der Waals surface area contributed by atoms with Crippen LogP contribution in [-0.4, -0.2) is 50.3 Å². The highest BCUT2D eigenvalue weighted by Gasteiger charge is 2.28. The second-order valence-electron chi connectivity index (χ2n) is 3.67. The molecule has 8 nitrogen and oxygen atoms in total. The van der Waals surface area contributed by atoms with Gasteiger partial charge in [0.1, 0.15) is 6.10 Å². The fraction of sp³-hybridized carbons (Fsp3) is 0.500. The average molecular weight is 258 g/mol. The van der Waals surface area contributed by atoms with Crippen molar-refractivity contribution >= 4 is 11.9 Å². The minimum absolute atomic E-state index is 0.0260. The molecule has 3 N–H and O–H groups in total. The number of methoxy groups -OCH3 is 1. The summed E-state index contributed by atoms with van der Waals surface area (Å²) in [6.07, 6.45) is -2.52. The van der Waals surface area contributed by atoms with Crippen molar-refractivity contribution in [2.24, 2.45) is 7.05 Å². The van der Waals surface area contributed by atoms with Gasteiger partial charge in [0, 0.05) is 12.6 Å². The summed E-state index contributed by atoms with van der Waals surface area (Å²) in [4.78, 5) is 21.9. The predicted molar refractivity (Wildman–Crippen MR) is 57.8 cm³/mol. The third-order valence-electron chi connectivity index (χ3n) is 2.41. The highest BCUT2D eigenvalue weighted by molar-refractivity contribution is 5.89. The number of rotatable bonds is 5. The lowest BCUT2D eigenvalue weighted by Crippen LogP contribution is -2.23. The van der Waals surface area contributed by atoms with E-state index in [-0.39, 0.29) is 11.3 Å². The molecule has 0 fully saturated rings. The van der Waals surface area contributed by atoms with Crippen molar-refractivity contribution < 1.29 is 29.6 Å². The Hall–Kier alpha value is -1.93. The van der Waals surface area contributed by atoms with Gasteiger partial charge < -0.3 is 20.1 Å². The van der Waals surface area contributed by atoms with Crippen LogP contribution in [0.1, 0.15) is 28.6 Å². The van der Waals surface area contributed by atoms with Crippen molar-refractivity contribution in [1.82, 2.24) is 9.78 Å². The van der Waals surface area contributed by atoms with E-state index in [1.54, 1.807) is 0 Å². The molecular formula is C10H14N2O6. The van der Waals surface area contributed by atoms with Crippen LogP contribution in [0.3, 0.4) is 0 Å². The number of aryl methyl sites for hydroxylation is 1. The molecule has 1 aromatic rings. The van der Waals surface area contributed by atoms with Crippen LogP contribution < -0.4 is 0 Å². The fourth-order valence-electron chi connectivity index (χ4n) is 1.52. The molecule has 0 bridgehead atoms. The minimum atomic E-state index is -1.53. The molecule has 0 saturated heterocycles. The van der Waals surface area contributed by atoms with Gasteiger partial charge in [0.2, 0.25) is 0 Å². The van der Waals surface area contributed by atoms with Crippen molar-refractivity contribution in [1.29, 1.82) is 0 Å². The number of carboxylic acids is 1. The topological polar surface area (TPSA) is 122 Å². The lowest BCUT2D eigenvalue weighted by Gasteiger charge is -2.16. The molecule has 0 radical (unpaired) electrons. The van der Waals surface area contributed by atoms with Crippen LogP contribution in [-0.2, 0) is 16.6 Å². The SMILES string of the molecule is COC(=O)c1c(C(O)C(O)CC(=O)O)cnn1C. The zero-order chi connectivity index (χ0) is 13.9. The van der Waals surface area contributed by atoms with Crippen molar-refractivity contribution in [3.8, 4) is 0 Å². The van der Waals surface area contributed by atoms with Crippen molar-refractivity contribution in [3.63, 3.8) is 0 Å². The lowest BCUT2D eigenvalue weighted by atomic mass is 10.0. The van der Waals surface area contributed by atoms with Gasteiger partial charge in [-0.25, -0.2) is 4.79 Å². The quantitative estimate of drug-likeness (QED) is 0.583. The summed E-state index contributed by atoms with van der Waals surface area (Å²) < 4.78 is 5.70. The molecule has 0 saturated carbocycles. The summed E-state index contributed by atoms with van der Waals surface area (Å²) in [7, 11) is 2.63. The average Bonchev–Trinajstić information content (AvgIpc) is 2.68. The van der Waals surface area contributed by atoms with Crippen molar-refractivity contribution in [2.45, 2.75) is 18.6 Å². The Morgan fingerprint density at radius 3 is 2.61 bits per heavy atom. The zero-order valence-corrected chi connectivity index (χ0v) is 9.90. The number of aromatic nitrogens is 2. The number of aliphatic hydroxyl groups is 2. The largest absolute Gasteiger partial charge is 0.481 e. The first-order valence-electron chi connectivity index (χ1n) is 5.06. The Labute approximate surface area is 102 Å². The highest BCUT2D eigenvalue weighted by Crippen LogP contribution is 2.22. The van der Waals surface area contributed by atoms with Gasteiger partial charge in [0.15, 0.2) is 5.69 Å². The number of carbonyl (C=O) groups excluding carboxylic acids is 1. The number of esters is 1. The first kappa shape index (κ1) is 14.1. The molecule has 2 atom stereocenters. The van der Waals surface area contributed by atoms with Crippen LogP contribution in [0.15, 0.2) is 6.20 Å². The molecule has 8 heteroatoms. The fourth-order valence-corrected chi connectivity index (χ4v) is 1.52. The molecular weight excluding hydrogens is 244 g/mol. The minimum Gasteiger partial charge on any atom is -0.481 e. The monoisotopic (exact) mass is 258 g/mol. The summed E-state index contributed by atoms with van der Waals surface area (Å²) in [5, 5.41) is 31.6. The number of carboxylic acid groups (broad SMARTS) is 1. The third-order valence-corrected chi connectivity index (χ3v) is 2.41. The number of aliphatic hydroxyl groups excluding tert-OH is 2. The van der Waals surface area contributed by atoms with Crippen LogP contribution >= 0.6 is 0 Å². The van der Waals surface area contributed by atoms with E-state index in [9.17, 15) is 19.8 Å². The van der Waals surface area contributed by atoms with E-state index in [4.69, 9.17) is 5.11 Å². The number of nitrogens with zero attached hydrogens (tertiary/aromatic N) is 2. The zero-order valence-electron chi connectivity index (χ0n) is 9.90. The summed E-state index contributed by atoms with van der Waals surface area (Å²) >= 11 is 0. The molecule has 0 aliphatic heterocycles. The molecule has 100 valence electrons. The molecule has 1 heterocycles. The maximum absolute atomic E-state index is 11.5. The van der Waals surface area contributed by atoms with Crippen LogP contribution in [0.5, 0.6) is 0 Å². The molecule has 2 unspecified atom stereocenters. The standard InChI is InChI=1S/C10H14N2O6/c1-12-8(10(17)18-2)5(4-11-12)9(16)6(13)3-7(14)15/h4,6,9,13,16H,3H2,1-2H3,(H,14,15). The van der Waals surface area contributed by atoms with Crippen molar-refractivity contribution in [2.75, 3.05) is 7.11 Å². The molecule has 0 amide bonds. The second kappa shape index (κ2) is 5.61. The second-order valence-corrected chi connectivity index (χ2v) is 3.67. The first-order valence-corrected chi connectivity index (χ1v) is 5.06. The molecule has 0 aliphatic rings. The number of ether oxygens (including phenoxy) is 1. The highest BCUT2D eigenvalue weighted by atomic mass is 16.5. The molecule has 0 aromatic carbocycles. The van der Waals surface area contributed by atoms with Crippen molar-refractivity contribution in [3.05, 3.63) is 17.5 Å². The van der Waals surface area contributed by atoms with E-state index in [2.05, 4.69) is 9.84 Å². The number of carbonyl (C=O) groups is 2. The van der Waals surface area contributed by atoms with Gasteiger partial charge in [-0.3, -0.25) is 9.48 Å². The summed E-state index contributed by atoms with van der Waals surface area (Å²) in [6.45, 7) is 0. The Bertz CT molecular complexity index is 455. The van der Waals surface area contributed by atoms with Gasteiger partial charge in [-0.05, 0) is 0 Å². The van der Waals surface area contributed by atoms with E-state index in [1.807, 2.05) is 0 Å². The Morgan fingerprint density at radius 2 is 2.11 bits per heavy atom. The maximum atomic E-state index is 11.5. The normalized spacial score (nSPS) is 14.0. The maximum Gasteiger partial charge on any atom is 0.356 e. The smallest absolute Gasteiger partial charge is 0.356 e. The molecule has 0 aliphatic carbocycles. The Kier molecular flexibility index (Phi) is 4.40. The summed E-state index contributed by atoms with van der Waals surface area (Å²) in [6, 6.07) is 0. The first-order chi connectivity index (χ1) is 8.38. The van der Waals surface area contributed by atoms with E-state index in [0.717, 1.165) is 0 Å². The van der Waals surface area contributed by atoms with Crippen LogP contribution in [0.2, 0.25) is 0 Å². The van der Waals surface area contributed by atoms with E-state index < -0.39 is 30.6 Å².